The number of fused-ring (bicyclic) bond motifs is 1. The van der Waals surface area contributed by atoms with Crippen molar-refractivity contribution in [3.05, 3.63) is 69.6 Å². The van der Waals surface area contributed by atoms with Gasteiger partial charge in [-0.25, -0.2) is 4.79 Å². The van der Waals surface area contributed by atoms with Crippen LogP contribution in [0.3, 0.4) is 0 Å². The normalized spacial score (nSPS) is 10.7. The average Bonchev–Trinajstić information content (AvgIpc) is 2.82. The number of methoxy groups -OCH3 is 2. The molecule has 1 aromatic heterocycles. The van der Waals surface area contributed by atoms with E-state index < -0.39 is 11.6 Å². The molecule has 3 rings (SSSR count). The smallest absolute Gasteiger partial charge is 0.339 e. The lowest BCUT2D eigenvalue weighted by atomic mass is 10.0. The molecule has 0 saturated carbocycles. The molecule has 0 radical (unpaired) electrons. The monoisotopic (exact) mass is 453 g/mol. The van der Waals surface area contributed by atoms with Gasteiger partial charge in [0, 0.05) is 42.6 Å². The minimum Gasteiger partial charge on any atom is -0.497 e. The highest BCUT2D eigenvalue weighted by Gasteiger charge is 2.17. The van der Waals surface area contributed by atoms with Crippen molar-refractivity contribution in [2.75, 3.05) is 27.9 Å². The summed E-state index contributed by atoms with van der Waals surface area (Å²) in [4.78, 5) is 38.5. The van der Waals surface area contributed by atoms with Crippen LogP contribution in [0.1, 0.15) is 23.1 Å². The first-order valence-electron chi connectivity index (χ1n) is 10.5. The summed E-state index contributed by atoms with van der Waals surface area (Å²) < 4.78 is 21.0. The molecule has 0 atom stereocenters. The van der Waals surface area contributed by atoms with Crippen molar-refractivity contribution in [3.63, 3.8) is 0 Å². The topological polar surface area (TPSA) is 95.3 Å². The van der Waals surface area contributed by atoms with E-state index in [1.807, 2.05) is 37.3 Å². The number of amides is 1. The summed E-state index contributed by atoms with van der Waals surface area (Å²) in [7, 11) is 4.73. The number of aryl methyl sites for hydroxylation is 1. The summed E-state index contributed by atoms with van der Waals surface area (Å²) in [5, 5.41) is 0.770. The second-order valence-electron chi connectivity index (χ2n) is 7.58. The van der Waals surface area contributed by atoms with Gasteiger partial charge in [0.15, 0.2) is 6.61 Å². The van der Waals surface area contributed by atoms with E-state index in [1.165, 1.54) is 12.0 Å². The Morgan fingerprint density at radius 2 is 1.82 bits per heavy atom. The van der Waals surface area contributed by atoms with Crippen LogP contribution in [0.15, 0.2) is 51.7 Å². The van der Waals surface area contributed by atoms with Crippen molar-refractivity contribution < 1.29 is 28.2 Å². The van der Waals surface area contributed by atoms with E-state index >= 15 is 0 Å². The van der Waals surface area contributed by atoms with Crippen LogP contribution in [-0.4, -0.2) is 44.7 Å². The average molecular weight is 453 g/mol. The molecule has 1 amide bonds. The fraction of sp³-hybridized carbons (Fsp3) is 0.320. The Morgan fingerprint density at radius 1 is 1.06 bits per heavy atom. The maximum atomic E-state index is 12.4. The van der Waals surface area contributed by atoms with Crippen LogP contribution in [0, 0.1) is 6.92 Å². The number of carbonyl (C=O) groups excluding carboxylic acids is 2. The van der Waals surface area contributed by atoms with Crippen molar-refractivity contribution >= 4 is 22.8 Å². The fourth-order valence-electron chi connectivity index (χ4n) is 3.52. The molecule has 2 aromatic carbocycles. The number of benzene rings is 2. The number of hydrogen-bond donors (Lipinski definition) is 0. The van der Waals surface area contributed by atoms with Crippen LogP contribution in [0.25, 0.3) is 11.0 Å². The van der Waals surface area contributed by atoms with Gasteiger partial charge in [0.25, 0.3) is 5.91 Å². The van der Waals surface area contributed by atoms with Crippen LogP contribution in [0.4, 0.5) is 0 Å². The van der Waals surface area contributed by atoms with E-state index in [4.69, 9.17) is 18.6 Å². The van der Waals surface area contributed by atoms with E-state index in [9.17, 15) is 14.4 Å². The number of likely N-dealkylation sites (N-methyl/N-ethyl adjacent to an activating group) is 1. The fourth-order valence-corrected chi connectivity index (χ4v) is 3.52. The number of hydrogen-bond acceptors (Lipinski definition) is 7. The molecule has 33 heavy (non-hydrogen) atoms. The molecule has 0 N–H and O–H groups in total. The lowest BCUT2D eigenvalue weighted by molar-refractivity contribution is -0.151. The Bertz CT molecular complexity index is 1220. The molecule has 0 saturated heterocycles. The number of rotatable bonds is 9. The molecule has 0 fully saturated rings. The van der Waals surface area contributed by atoms with Gasteiger partial charge in [0.2, 0.25) is 0 Å². The van der Waals surface area contributed by atoms with Crippen molar-refractivity contribution in [3.8, 4) is 11.5 Å². The highest BCUT2D eigenvalue weighted by molar-refractivity contribution is 5.83. The summed E-state index contributed by atoms with van der Waals surface area (Å²) in [6, 6.07) is 12.6. The summed E-state index contributed by atoms with van der Waals surface area (Å²) in [6.07, 6.45) is 0.108. The molecule has 0 aliphatic rings. The first-order valence-corrected chi connectivity index (χ1v) is 10.5. The van der Waals surface area contributed by atoms with Gasteiger partial charge < -0.3 is 23.5 Å². The highest BCUT2D eigenvalue weighted by Crippen LogP contribution is 2.24. The van der Waals surface area contributed by atoms with Crippen molar-refractivity contribution in [1.82, 2.24) is 4.90 Å². The second-order valence-corrected chi connectivity index (χ2v) is 7.58. The quantitative estimate of drug-likeness (QED) is 0.362. The van der Waals surface area contributed by atoms with Crippen LogP contribution in [-0.2, 0) is 27.3 Å². The first-order chi connectivity index (χ1) is 15.8. The van der Waals surface area contributed by atoms with Gasteiger partial charge in [-0.3, -0.25) is 9.59 Å². The number of ether oxygens (including phenoxy) is 3. The standard InChI is InChI=1S/C25H27NO7/c1-16-19-10-9-18(30-3)13-22(19)33-25(29)20(16)11-12-24(28)32-15-23(27)26(2)14-17-7-5-6-8-21(17)31-4/h5-10,13H,11-12,14-15H2,1-4H3. The van der Waals surface area contributed by atoms with Crippen LogP contribution in [0.5, 0.6) is 11.5 Å². The molecular formula is C25H27NO7. The van der Waals surface area contributed by atoms with E-state index in [-0.39, 0.29) is 25.4 Å². The van der Waals surface area contributed by atoms with Crippen molar-refractivity contribution in [2.45, 2.75) is 26.3 Å². The van der Waals surface area contributed by atoms with Crippen LogP contribution >= 0.6 is 0 Å². The van der Waals surface area contributed by atoms with E-state index in [0.29, 0.717) is 29.2 Å². The molecule has 8 nitrogen and oxygen atoms in total. The maximum Gasteiger partial charge on any atom is 0.339 e. The maximum absolute atomic E-state index is 12.4. The van der Waals surface area contributed by atoms with E-state index in [0.717, 1.165) is 16.5 Å². The molecule has 174 valence electrons. The summed E-state index contributed by atoms with van der Waals surface area (Å²) in [6.45, 7) is 1.75. The molecule has 0 unspecified atom stereocenters. The third kappa shape index (κ3) is 5.71. The molecule has 0 aliphatic heterocycles. The third-order valence-corrected chi connectivity index (χ3v) is 5.46. The number of carbonyl (C=O) groups is 2. The third-order valence-electron chi connectivity index (χ3n) is 5.46. The number of esters is 1. The van der Waals surface area contributed by atoms with Gasteiger partial charge in [0.05, 0.1) is 14.2 Å². The highest BCUT2D eigenvalue weighted by atomic mass is 16.5. The van der Waals surface area contributed by atoms with E-state index in [2.05, 4.69) is 0 Å². The van der Waals surface area contributed by atoms with Crippen LogP contribution in [0.2, 0.25) is 0 Å². The Kier molecular flexibility index (Phi) is 7.71. The SMILES string of the molecule is COc1ccc2c(C)c(CCC(=O)OCC(=O)N(C)Cc3ccccc3OC)c(=O)oc2c1. The Morgan fingerprint density at radius 3 is 2.55 bits per heavy atom. The Hall–Kier alpha value is -3.81. The van der Waals surface area contributed by atoms with Crippen molar-refractivity contribution in [2.24, 2.45) is 0 Å². The summed E-state index contributed by atoms with van der Waals surface area (Å²) in [5.41, 5.74) is 1.91. The Balaban J connectivity index is 1.56. The minimum atomic E-state index is -0.567. The molecule has 1 heterocycles. The predicted molar refractivity (Wildman–Crippen MR) is 123 cm³/mol. The van der Waals surface area contributed by atoms with Gasteiger partial charge in [-0.05, 0) is 37.1 Å². The Labute approximate surface area is 191 Å². The van der Waals surface area contributed by atoms with Gasteiger partial charge in [-0.1, -0.05) is 18.2 Å². The zero-order chi connectivity index (χ0) is 24.0. The van der Waals surface area contributed by atoms with Gasteiger partial charge >= 0.3 is 11.6 Å². The van der Waals surface area contributed by atoms with Gasteiger partial charge in [0.1, 0.15) is 17.1 Å². The van der Waals surface area contributed by atoms with E-state index in [1.54, 1.807) is 26.3 Å². The largest absolute Gasteiger partial charge is 0.497 e. The summed E-state index contributed by atoms with van der Waals surface area (Å²) in [5.74, 6) is 0.353. The molecular weight excluding hydrogens is 426 g/mol. The van der Waals surface area contributed by atoms with Crippen molar-refractivity contribution in [1.29, 1.82) is 0 Å². The zero-order valence-electron chi connectivity index (χ0n) is 19.2. The first kappa shape index (κ1) is 23.8. The second kappa shape index (κ2) is 10.7. The van der Waals surface area contributed by atoms with Gasteiger partial charge in [-0.15, -0.1) is 0 Å². The van der Waals surface area contributed by atoms with Gasteiger partial charge in [-0.2, -0.15) is 0 Å². The number of nitrogens with zero attached hydrogens (tertiary/aromatic N) is 1. The summed E-state index contributed by atoms with van der Waals surface area (Å²) >= 11 is 0. The number of para-hydroxylation sites is 1. The zero-order valence-corrected chi connectivity index (χ0v) is 19.2. The molecule has 0 aliphatic carbocycles. The minimum absolute atomic E-state index is 0.0449. The molecule has 0 spiro atoms. The van der Waals surface area contributed by atoms with Crippen LogP contribution < -0.4 is 15.1 Å². The molecule has 3 aromatic rings. The molecule has 0 bridgehead atoms. The lowest BCUT2D eigenvalue weighted by Crippen LogP contribution is -2.31. The lowest BCUT2D eigenvalue weighted by Gasteiger charge is -2.18. The molecule has 8 heteroatoms. The predicted octanol–water partition coefficient (Wildman–Crippen LogP) is 3.25.